The molecule has 0 aliphatic heterocycles. The number of halogens is 3. The van der Waals surface area contributed by atoms with Crippen molar-refractivity contribution in [2.75, 3.05) is 0 Å². The van der Waals surface area contributed by atoms with Gasteiger partial charge in [-0.15, -0.1) is 0 Å². The number of nitrogens with zero attached hydrogens (tertiary/aromatic N) is 3. The second-order valence-electron chi connectivity index (χ2n) is 7.94. The lowest BCUT2D eigenvalue weighted by atomic mass is 10.0. The number of nitriles is 1. The molecule has 1 aliphatic rings. The monoisotopic (exact) mass is 420 g/mol. The molecule has 2 aromatic rings. The first-order valence-electron chi connectivity index (χ1n) is 9.66. The van der Waals surface area contributed by atoms with Crippen LogP contribution < -0.4 is 10.6 Å². The molecular formula is C20H23F3N6O. The summed E-state index contributed by atoms with van der Waals surface area (Å²) >= 11 is 0. The van der Waals surface area contributed by atoms with Crippen LogP contribution in [0, 0.1) is 17.2 Å². The van der Waals surface area contributed by atoms with E-state index >= 15 is 0 Å². The molecule has 1 aliphatic carbocycles. The fourth-order valence-electron chi connectivity index (χ4n) is 3.13. The van der Waals surface area contributed by atoms with E-state index in [1.807, 2.05) is 19.9 Å². The topological polar surface area (TPSA) is 106 Å². The van der Waals surface area contributed by atoms with Gasteiger partial charge in [0, 0.05) is 18.0 Å². The predicted molar refractivity (Wildman–Crippen MR) is 103 cm³/mol. The number of amides is 1. The van der Waals surface area contributed by atoms with Gasteiger partial charge in [-0.25, -0.2) is 0 Å². The minimum Gasteiger partial charge on any atom is -0.336 e. The van der Waals surface area contributed by atoms with Crippen molar-refractivity contribution in [3.05, 3.63) is 36.3 Å². The summed E-state index contributed by atoms with van der Waals surface area (Å²) in [5, 5.41) is 20.8. The highest BCUT2D eigenvalue weighted by atomic mass is 19.4. The van der Waals surface area contributed by atoms with Gasteiger partial charge in [-0.05, 0) is 43.4 Å². The van der Waals surface area contributed by atoms with E-state index in [2.05, 4.69) is 25.8 Å². The molecule has 2 heterocycles. The van der Waals surface area contributed by atoms with Gasteiger partial charge >= 0.3 is 6.18 Å². The third-order valence-corrected chi connectivity index (χ3v) is 4.92. The number of hydrogen-bond donors (Lipinski definition) is 3. The Morgan fingerprint density at radius 3 is 2.53 bits per heavy atom. The molecule has 1 amide bonds. The number of rotatable bonds is 8. The van der Waals surface area contributed by atoms with Gasteiger partial charge < -0.3 is 5.32 Å². The lowest BCUT2D eigenvalue weighted by Gasteiger charge is -2.28. The van der Waals surface area contributed by atoms with Gasteiger partial charge in [0.1, 0.15) is 11.6 Å². The number of carbonyl (C=O) groups excluding carboxylic acids is 1. The smallest absolute Gasteiger partial charge is 0.336 e. The second-order valence-corrected chi connectivity index (χ2v) is 7.94. The molecule has 0 radical (unpaired) electrons. The van der Waals surface area contributed by atoms with E-state index in [-0.39, 0.29) is 18.0 Å². The molecule has 3 N–H and O–H groups in total. The van der Waals surface area contributed by atoms with Crippen LogP contribution in [0.5, 0.6) is 0 Å². The lowest BCUT2D eigenvalue weighted by Crippen LogP contribution is -2.52. The Bertz CT molecular complexity index is 898. The number of aromatic amines is 1. The number of H-pyrrole nitrogens is 1. The van der Waals surface area contributed by atoms with E-state index in [0.29, 0.717) is 24.1 Å². The fourth-order valence-corrected chi connectivity index (χ4v) is 3.13. The van der Waals surface area contributed by atoms with Crippen molar-refractivity contribution >= 4 is 5.91 Å². The summed E-state index contributed by atoms with van der Waals surface area (Å²) in [5.41, 5.74) is -0.0636. The first-order valence-corrected chi connectivity index (χ1v) is 9.66. The van der Waals surface area contributed by atoms with Gasteiger partial charge in [0.25, 0.3) is 0 Å². The van der Waals surface area contributed by atoms with E-state index in [9.17, 15) is 23.2 Å². The maximum Gasteiger partial charge on any atom is 0.409 e. The SMILES string of the molecule is CC(C)C[C@H](N[C@@H](c1ccc(-c2cc[nH]n2)cn1)C(F)(F)F)C(=O)NC1(C#N)CC1. The molecule has 0 unspecified atom stereocenters. The Kier molecular flexibility index (Phi) is 6.12. The summed E-state index contributed by atoms with van der Waals surface area (Å²) in [6.45, 7) is 3.64. The van der Waals surface area contributed by atoms with Gasteiger partial charge in [-0.1, -0.05) is 13.8 Å². The highest BCUT2D eigenvalue weighted by Crippen LogP contribution is 2.36. The van der Waals surface area contributed by atoms with Crippen LogP contribution in [0.2, 0.25) is 0 Å². The van der Waals surface area contributed by atoms with Crippen LogP contribution >= 0.6 is 0 Å². The average molecular weight is 420 g/mol. The number of hydrogen-bond acceptors (Lipinski definition) is 5. The summed E-state index contributed by atoms with van der Waals surface area (Å²) in [4.78, 5) is 16.6. The third-order valence-electron chi connectivity index (χ3n) is 4.92. The number of nitrogens with one attached hydrogen (secondary N) is 3. The molecule has 0 bridgehead atoms. The minimum atomic E-state index is -4.66. The lowest BCUT2D eigenvalue weighted by molar-refractivity contribution is -0.162. The van der Waals surface area contributed by atoms with E-state index < -0.39 is 29.7 Å². The summed E-state index contributed by atoms with van der Waals surface area (Å²) in [6, 6.07) is 3.24. The summed E-state index contributed by atoms with van der Waals surface area (Å²) < 4.78 is 41.6. The van der Waals surface area contributed by atoms with E-state index in [4.69, 9.17) is 0 Å². The van der Waals surface area contributed by atoms with Crippen molar-refractivity contribution in [1.29, 1.82) is 5.26 Å². The van der Waals surface area contributed by atoms with E-state index in [0.717, 1.165) is 0 Å². The predicted octanol–water partition coefficient (Wildman–Crippen LogP) is 3.25. The fraction of sp³-hybridized carbons (Fsp3) is 0.500. The number of carbonyl (C=O) groups is 1. The van der Waals surface area contributed by atoms with Crippen LogP contribution in [0.15, 0.2) is 30.6 Å². The highest BCUT2D eigenvalue weighted by molar-refractivity contribution is 5.83. The Morgan fingerprint density at radius 2 is 2.07 bits per heavy atom. The largest absolute Gasteiger partial charge is 0.409 e. The molecule has 1 fully saturated rings. The highest BCUT2D eigenvalue weighted by Gasteiger charge is 2.47. The Labute approximate surface area is 172 Å². The Balaban J connectivity index is 1.82. The number of aromatic nitrogens is 3. The van der Waals surface area contributed by atoms with Crippen molar-refractivity contribution in [1.82, 2.24) is 25.8 Å². The molecule has 0 saturated heterocycles. The van der Waals surface area contributed by atoms with Crippen LogP contribution in [0.1, 0.15) is 44.8 Å². The molecule has 3 rings (SSSR count). The van der Waals surface area contributed by atoms with Crippen LogP contribution in [-0.2, 0) is 4.79 Å². The van der Waals surface area contributed by atoms with Gasteiger partial charge in [-0.2, -0.15) is 23.5 Å². The van der Waals surface area contributed by atoms with Gasteiger partial charge in [0.15, 0.2) is 0 Å². The third kappa shape index (κ3) is 5.16. The van der Waals surface area contributed by atoms with Gasteiger partial charge in [-0.3, -0.25) is 20.2 Å². The molecule has 2 aromatic heterocycles. The zero-order valence-corrected chi connectivity index (χ0v) is 16.6. The molecule has 7 nitrogen and oxygen atoms in total. The average Bonchev–Trinajstić information content (AvgIpc) is 3.23. The maximum absolute atomic E-state index is 13.9. The summed E-state index contributed by atoms with van der Waals surface area (Å²) in [6.07, 6.45) is -0.552. The molecule has 10 heteroatoms. The molecule has 30 heavy (non-hydrogen) atoms. The van der Waals surface area contributed by atoms with Crippen LogP contribution in [0.3, 0.4) is 0 Å². The number of alkyl halides is 3. The Morgan fingerprint density at radius 1 is 1.33 bits per heavy atom. The van der Waals surface area contributed by atoms with Crippen LogP contribution in [-0.4, -0.2) is 38.8 Å². The quantitative estimate of drug-likeness (QED) is 0.608. The zero-order chi connectivity index (χ0) is 21.9. The standard InChI is InChI=1S/C20H23F3N6O/c1-12(2)9-16(18(30)28-19(11-24)6-7-19)27-17(20(21,22)23)15-4-3-13(10-25-15)14-5-8-26-29-14/h3-5,8,10,12,16-17,27H,6-7,9H2,1-2H3,(H,26,29)(H,28,30)/t16-,17-/m0/s1. The van der Waals surface area contributed by atoms with Gasteiger partial charge in [0.05, 0.1) is 23.5 Å². The van der Waals surface area contributed by atoms with Gasteiger partial charge in [0.2, 0.25) is 5.91 Å². The van der Waals surface area contributed by atoms with Crippen molar-refractivity contribution in [3.8, 4) is 17.3 Å². The molecule has 1 saturated carbocycles. The van der Waals surface area contributed by atoms with Crippen molar-refractivity contribution in [2.24, 2.45) is 5.92 Å². The van der Waals surface area contributed by atoms with Crippen LogP contribution in [0.25, 0.3) is 11.3 Å². The van der Waals surface area contributed by atoms with Crippen molar-refractivity contribution in [3.63, 3.8) is 0 Å². The van der Waals surface area contributed by atoms with E-state index in [1.165, 1.54) is 18.3 Å². The first-order chi connectivity index (χ1) is 14.1. The second kappa shape index (κ2) is 8.44. The maximum atomic E-state index is 13.9. The van der Waals surface area contributed by atoms with Crippen LogP contribution in [0.4, 0.5) is 13.2 Å². The number of pyridine rings is 1. The molecular weight excluding hydrogens is 397 g/mol. The molecule has 160 valence electrons. The summed E-state index contributed by atoms with van der Waals surface area (Å²) in [7, 11) is 0. The van der Waals surface area contributed by atoms with Crippen molar-refractivity contribution < 1.29 is 18.0 Å². The molecule has 0 spiro atoms. The van der Waals surface area contributed by atoms with E-state index in [1.54, 1.807) is 12.3 Å². The van der Waals surface area contributed by atoms with Crippen molar-refractivity contribution in [2.45, 2.75) is 56.9 Å². The normalized spacial score (nSPS) is 17.2. The summed E-state index contributed by atoms with van der Waals surface area (Å²) in [5.74, 6) is -0.639. The molecule has 2 atom stereocenters. The Hall–Kier alpha value is -2.93. The zero-order valence-electron chi connectivity index (χ0n) is 16.6. The molecule has 0 aromatic carbocycles. The minimum absolute atomic E-state index is 0.0330. The first kappa shape index (κ1) is 21.8.